The SMILES string of the molecule is CN(CC1(CNC2CC2)CCCC1)c1cccc(F)c1. The van der Waals surface area contributed by atoms with E-state index in [9.17, 15) is 4.39 Å². The van der Waals surface area contributed by atoms with Crippen LogP contribution in [-0.2, 0) is 0 Å². The van der Waals surface area contributed by atoms with Gasteiger partial charge in [-0.25, -0.2) is 4.39 Å². The number of rotatable bonds is 6. The summed E-state index contributed by atoms with van der Waals surface area (Å²) in [6.45, 7) is 2.15. The van der Waals surface area contributed by atoms with Crippen LogP contribution in [-0.4, -0.2) is 26.2 Å². The van der Waals surface area contributed by atoms with Crippen LogP contribution in [0.5, 0.6) is 0 Å². The van der Waals surface area contributed by atoms with Gasteiger partial charge in [-0.15, -0.1) is 0 Å². The van der Waals surface area contributed by atoms with Gasteiger partial charge in [-0.05, 0) is 43.9 Å². The third kappa shape index (κ3) is 3.32. The highest BCUT2D eigenvalue weighted by Crippen LogP contribution is 2.39. The van der Waals surface area contributed by atoms with Gasteiger partial charge < -0.3 is 10.2 Å². The summed E-state index contributed by atoms with van der Waals surface area (Å²) < 4.78 is 13.4. The number of nitrogens with one attached hydrogen (secondary N) is 1. The first-order valence-corrected chi connectivity index (χ1v) is 7.87. The van der Waals surface area contributed by atoms with E-state index in [-0.39, 0.29) is 5.82 Å². The normalized spacial score (nSPS) is 21.1. The fourth-order valence-corrected chi connectivity index (χ4v) is 3.47. The van der Waals surface area contributed by atoms with Crippen molar-refractivity contribution < 1.29 is 4.39 Å². The van der Waals surface area contributed by atoms with Crippen LogP contribution in [0.15, 0.2) is 24.3 Å². The van der Waals surface area contributed by atoms with Gasteiger partial charge in [0, 0.05) is 37.3 Å². The smallest absolute Gasteiger partial charge is 0.125 e. The molecular weight excluding hydrogens is 251 g/mol. The minimum atomic E-state index is -0.147. The van der Waals surface area contributed by atoms with Crippen molar-refractivity contribution in [1.82, 2.24) is 5.32 Å². The van der Waals surface area contributed by atoms with Crippen molar-refractivity contribution in [3.8, 4) is 0 Å². The Morgan fingerprint density at radius 2 is 2.05 bits per heavy atom. The third-order valence-corrected chi connectivity index (χ3v) is 4.83. The first-order chi connectivity index (χ1) is 9.67. The molecule has 110 valence electrons. The van der Waals surface area contributed by atoms with Crippen molar-refractivity contribution in [2.24, 2.45) is 5.41 Å². The molecule has 0 spiro atoms. The molecule has 0 bridgehead atoms. The van der Waals surface area contributed by atoms with Gasteiger partial charge in [-0.1, -0.05) is 18.9 Å². The van der Waals surface area contributed by atoms with Gasteiger partial charge in [-0.3, -0.25) is 0 Å². The largest absolute Gasteiger partial charge is 0.374 e. The van der Waals surface area contributed by atoms with E-state index < -0.39 is 0 Å². The van der Waals surface area contributed by atoms with Gasteiger partial charge in [0.2, 0.25) is 0 Å². The highest BCUT2D eigenvalue weighted by atomic mass is 19.1. The molecule has 3 heteroatoms. The van der Waals surface area contributed by atoms with Crippen LogP contribution in [0.4, 0.5) is 10.1 Å². The van der Waals surface area contributed by atoms with Crippen molar-refractivity contribution in [2.75, 3.05) is 25.0 Å². The van der Waals surface area contributed by atoms with E-state index in [1.54, 1.807) is 12.1 Å². The molecule has 0 heterocycles. The minimum absolute atomic E-state index is 0.147. The van der Waals surface area contributed by atoms with Crippen LogP contribution < -0.4 is 10.2 Å². The average Bonchev–Trinajstić information content (AvgIpc) is 3.16. The molecule has 2 saturated carbocycles. The summed E-state index contributed by atoms with van der Waals surface area (Å²) in [5, 5.41) is 3.71. The second-order valence-corrected chi connectivity index (χ2v) is 6.70. The Bertz CT molecular complexity index is 450. The molecule has 1 aromatic carbocycles. The fourth-order valence-electron chi connectivity index (χ4n) is 3.47. The molecule has 0 atom stereocenters. The summed E-state index contributed by atoms with van der Waals surface area (Å²) in [5.74, 6) is -0.147. The zero-order chi connectivity index (χ0) is 14.0. The number of anilines is 1. The van der Waals surface area contributed by atoms with Gasteiger partial charge in [-0.2, -0.15) is 0 Å². The molecule has 2 aliphatic rings. The highest BCUT2D eigenvalue weighted by molar-refractivity contribution is 5.45. The lowest BCUT2D eigenvalue weighted by molar-refractivity contribution is 0.285. The van der Waals surface area contributed by atoms with Crippen LogP contribution in [0.1, 0.15) is 38.5 Å². The predicted molar refractivity (Wildman–Crippen MR) is 81.6 cm³/mol. The molecule has 0 aromatic heterocycles. The maximum absolute atomic E-state index is 13.4. The standard InChI is InChI=1S/C17H25FN2/c1-20(16-6-4-5-14(18)11-16)13-17(9-2-3-10-17)12-19-15-7-8-15/h4-6,11,15,19H,2-3,7-10,12-13H2,1H3. The minimum Gasteiger partial charge on any atom is -0.374 e. The lowest BCUT2D eigenvalue weighted by Gasteiger charge is -2.35. The Hall–Kier alpha value is -1.09. The number of halogens is 1. The van der Waals surface area contributed by atoms with E-state index in [0.29, 0.717) is 5.41 Å². The molecule has 2 aliphatic carbocycles. The van der Waals surface area contributed by atoms with Gasteiger partial charge >= 0.3 is 0 Å². The molecule has 3 rings (SSSR count). The summed E-state index contributed by atoms with van der Waals surface area (Å²) in [7, 11) is 2.09. The van der Waals surface area contributed by atoms with Gasteiger partial charge in [0.1, 0.15) is 5.82 Å². The predicted octanol–water partition coefficient (Wildman–Crippen LogP) is 3.57. The molecule has 0 unspecified atom stereocenters. The second-order valence-electron chi connectivity index (χ2n) is 6.70. The van der Waals surface area contributed by atoms with E-state index in [2.05, 4.69) is 17.3 Å². The van der Waals surface area contributed by atoms with Crippen molar-refractivity contribution in [3.05, 3.63) is 30.1 Å². The third-order valence-electron chi connectivity index (χ3n) is 4.83. The Morgan fingerprint density at radius 1 is 1.30 bits per heavy atom. The van der Waals surface area contributed by atoms with Gasteiger partial charge in [0.15, 0.2) is 0 Å². The monoisotopic (exact) mass is 276 g/mol. The Kier molecular flexibility index (Phi) is 3.97. The van der Waals surface area contributed by atoms with E-state index in [1.165, 1.54) is 44.6 Å². The number of hydrogen-bond donors (Lipinski definition) is 1. The highest BCUT2D eigenvalue weighted by Gasteiger charge is 2.36. The average molecular weight is 276 g/mol. The van der Waals surface area contributed by atoms with Crippen molar-refractivity contribution >= 4 is 5.69 Å². The van der Waals surface area contributed by atoms with Crippen molar-refractivity contribution in [2.45, 2.75) is 44.6 Å². The number of nitrogens with zero attached hydrogens (tertiary/aromatic N) is 1. The Morgan fingerprint density at radius 3 is 2.70 bits per heavy atom. The summed E-state index contributed by atoms with van der Waals surface area (Å²) in [4.78, 5) is 2.23. The quantitative estimate of drug-likeness (QED) is 0.854. The topological polar surface area (TPSA) is 15.3 Å². The first kappa shape index (κ1) is 13.9. The van der Waals surface area contributed by atoms with Gasteiger partial charge in [0.05, 0.1) is 0 Å². The van der Waals surface area contributed by atoms with Crippen LogP contribution in [0.3, 0.4) is 0 Å². The molecular formula is C17H25FN2. The molecule has 0 radical (unpaired) electrons. The number of hydrogen-bond acceptors (Lipinski definition) is 2. The van der Waals surface area contributed by atoms with Crippen LogP contribution in [0.2, 0.25) is 0 Å². The van der Waals surface area contributed by atoms with Gasteiger partial charge in [0.25, 0.3) is 0 Å². The number of benzene rings is 1. The summed E-state index contributed by atoms with van der Waals surface area (Å²) in [5.41, 5.74) is 1.37. The first-order valence-electron chi connectivity index (χ1n) is 7.87. The van der Waals surface area contributed by atoms with Crippen LogP contribution in [0, 0.1) is 11.2 Å². The molecule has 0 aliphatic heterocycles. The second kappa shape index (κ2) is 5.72. The molecule has 20 heavy (non-hydrogen) atoms. The Labute approximate surface area is 121 Å². The van der Waals surface area contributed by atoms with E-state index in [0.717, 1.165) is 24.8 Å². The zero-order valence-electron chi connectivity index (χ0n) is 12.4. The molecule has 1 N–H and O–H groups in total. The summed E-state index contributed by atoms with van der Waals surface area (Å²) in [6, 6.07) is 7.71. The molecule has 0 amide bonds. The van der Waals surface area contributed by atoms with E-state index in [1.807, 2.05) is 6.07 Å². The zero-order valence-corrected chi connectivity index (χ0v) is 12.4. The Balaban J connectivity index is 1.65. The van der Waals surface area contributed by atoms with Crippen LogP contribution >= 0.6 is 0 Å². The summed E-state index contributed by atoms with van der Waals surface area (Å²) in [6.07, 6.45) is 7.96. The van der Waals surface area contributed by atoms with Crippen molar-refractivity contribution in [1.29, 1.82) is 0 Å². The maximum Gasteiger partial charge on any atom is 0.125 e. The summed E-state index contributed by atoms with van der Waals surface area (Å²) >= 11 is 0. The molecule has 1 aromatic rings. The lowest BCUT2D eigenvalue weighted by atomic mass is 9.85. The lowest BCUT2D eigenvalue weighted by Crippen LogP contribution is -2.42. The van der Waals surface area contributed by atoms with Crippen LogP contribution in [0.25, 0.3) is 0 Å². The molecule has 2 nitrogen and oxygen atoms in total. The van der Waals surface area contributed by atoms with E-state index in [4.69, 9.17) is 0 Å². The van der Waals surface area contributed by atoms with E-state index >= 15 is 0 Å². The fraction of sp³-hybridized carbons (Fsp3) is 0.647. The van der Waals surface area contributed by atoms with Crippen molar-refractivity contribution in [3.63, 3.8) is 0 Å². The molecule has 2 fully saturated rings. The molecule has 0 saturated heterocycles. The maximum atomic E-state index is 13.4.